The van der Waals surface area contributed by atoms with Crippen LogP contribution in [0.2, 0.25) is 18.7 Å². The van der Waals surface area contributed by atoms with Crippen LogP contribution in [0.5, 0.6) is 0 Å². The van der Waals surface area contributed by atoms with E-state index in [0.29, 0.717) is 18.7 Å². The van der Waals surface area contributed by atoms with Crippen LogP contribution >= 0.6 is 73.7 Å². The van der Waals surface area contributed by atoms with E-state index in [2.05, 4.69) is 15.9 Å². The lowest BCUT2D eigenvalue weighted by atomic mass is 10.1. The van der Waals surface area contributed by atoms with E-state index in [4.69, 9.17) is 46.4 Å². The van der Waals surface area contributed by atoms with Crippen LogP contribution in [0, 0.1) is 0 Å². The predicted octanol–water partition coefficient (Wildman–Crippen LogP) is 7.04. The van der Waals surface area contributed by atoms with E-state index < -0.39 is 0 Å². The van der Waals surface area contributed by atoms with E-state index in [1.165, 1.54) is 11.3 Å². The molecule has 1 aromatic heterocycles. The second-order valence-corrected chi connectivity index (χ2v) is 7.90. The SMILES string of the molecule is Clc1cc(C(Br)Cc2ccc(Cl)c(Cl)c2)c(Cl)s1. The molecular formula is C12H7BrCl4S. The van der Waals surface area contributed by atoms with Crippen molar-refractivity contribution in [2.24, 2.45) is 0 Å². The second kappa shape index (κ2) is 6.34. The van der Waals surface area contributed by atoms with Crippen LogP contribution < -0.4 is 0 Å². The third-order valence-corrected chi connectivity index (χ3v) is 5.49. The van der Waals surface area contributed by atoms with Gasteiger partial charge in [0.1, 0.15) is 0 Å². The summed E-state index contributed by atoms with van der Waals surface area (Å²) in [6.45, 7) is 0. The highest BCUT2D eigenvalue weighted by Gasteiger charge is 2.15. The molecule has 1 unspecified atom stereocenters. The van der Waals surface area contributed by atoms with Gasteiger partial charge in [0.05, 0.1) is 18.7 Å². The zero-order valence-corrected chi connectivity index (χ0v) is 14.3. The highest BCUT2D eigenvalue weighted by atomic mass is 79.9. The normalized spacial score (nSPS) is 12.7. The van der Waals surface area contributed by atoms with Crippen molar-refractivity contribution in [3.63, 3.8) is 0 Å². The maximum absolute atomic E-state index is 6.12. The molecule has 1 aromatic carbocycles. The van der Waals surface area contributed by atoms with E-state index in [1.54, 1.807) is 6.07 Å². The molecule has 0 aliphatic rings. The molecule has 0 aliphatic heterocycles. The lowest BCUT2D eigenvalue weighted by molar-refractivity contribution is 0.955. The van der Waals surface area contributed by atoms with Crippen molar-refractivity contribution in [3.8, 4) is 0 Å². The van der Waals surface area contributed by atoms with E-state index >= 15 is 0 Å². The van der Waals surface area contributed by atoms with Gasteiger partial charge >= 0.3 is 0 Å². The van der Waals surface area contributed by atoms with Gasteiger partial charge in [0.2, 0.25) is 0 Å². The summed E-state index contributed by atoms with van der Waals surface area (Å²) in [7, 11) is 0. The number of rotatable bonds is 3. The fraction of sp³-hybridized carbons (Fsp3) is 0.167. The van der Waals surface area contributed by atoms with Gasteiger partial charge in [-0.3, -0.25) is 0 Å². The largest absolute Gasteiger partial charge is 0.111 e. The summed E-state index contributed by atoms with van der Waals surface area (Å²) in [5.41, 5.74) is 2.09. The number of thiophene rings is 1. The van der Waals surface area contributed by atoms with Crippen LogP contribution in [0.25, 0.3) is 0 Å². The summed E-state index contributed by atoms with van der Waals surface area (Å²) in [5.74, 6) is 0. The van der Waals surface area contributed by atoms with Crippen molar-refractivity contribution in [3.05, 3.63) is 54.1 Å². The molecule has 96 valence electrons. The van der Waals surface area contributed by atoms with Crippen molar-refractivity contribution in [2.75, 3.05) is 0 Å². The van der Waals surface area contributed by atoms with Gasteiger partial charge in [0.25, 0.3) is 0 Å². The van der Waals surface area contributed by atoms with Crippen LogP contribution in [-0.2, 0) is 6.42 Å². The van der Waals surface area contributed by atoms with Gasteiger partial charge in [0, 0.05) is 4.83 Å². The van der Waals surface area contributed by atoms with Gasteiger partial charge in [0.15, 0.2) is 0 Å². The van der Waals surface area contributed by atoms with Gasteiger partial charge in [-0.2, -0.15) is 0 Å². The van der Waals surface area contributed by atoms with Gasteiger partial charge in [-0.15, -0.1) is 11.3 Å². The number of alkyl halides is 1. The van der Waals surface area contributed by atoms with Gasteiger partial charge in [-0.25, -0.2) is 0 Å². The van der Waals surface area contributed by atoms with Gasteiger partial charge < -0.3 is 0 Å². The molecule has 0 fully saturated rings. The van der Waals surface area contributed by atoms with Crippen LogP contribution in [0.1, 0.15) is 16.0 Å². The molecule has 0 saturated heterocycles. The summed E-state index contributed by atoms with van der Waals surface area (Å²) in [6.07, 6.45) is 0.768. The number of halogens is 5. The second-order valence-electron chi connectivity index (χ2n) is 3.70. The van der Waals surface area contributed by atoms with Crippen LogP contribution in [0.4, 0.5) is 0 Å². The Morgan fingerprint density at radius 3 is 2.33 bits per heavy atom. The lowest BCUT2D eigenvalue weighted by Gasteiger charge is -2.09. The Morgan fingerprint density at radius 2 is 1.78 bits per heavy atom. The van der Waals surface area contributed by atoms with E-state index in [9.17, 15) is 0 Å². The highest BCUT2D eigenvalue weighted by Crippen LogP contribution is 2.40. The van der Waals surface area contributed by atoms with Crippen molar-refractivity contribution in [1.29, 1.82) is 0 Å². The maximum Gasteiger partial charge on any atom is 0.0987 e. The monoisotopic (exact) mass is 402 g/mol. The highest BCUT2D eigenvalue weighted by molar-refractivity contribution is 9.09. The van der Waals surface area contributed by atoms with Crippen molar-refractivity contribution in [2.45, 2.75) is 11.2 Å². The predicted molar refractivity (Wildman–Crippen MR) is 86.2 cm³/mol. The fourth-order valence-corrected chi connectivity index (χ4v) is 4.47. The summed E-state index contributed by atoms with van der Waals surface area (Å²) in [5, 5.41) is 1.12. The molecular weight excluding hydrogens is 398 g/mol. The zero-order chi connectivity index (χ0) is 13.3. The first kappa shape index (κ1) is 15.0. The van der Waals surface area contributed by atoms with Crippen LogP contribution in [-0.4, -0.2) is 0 Å². The molecule has 0 spiro atoms. The molecule has 0 saturated carbocycles. The topological polar surface area (TPSA) is 0 Å². The Kier molecular flexibility index (Phi) is 5.27. The molecule has 0 amide bonds. The maximum atomic E-state index is 6.12. The minimum Gasteiger partial charge on any atom is -0.111 e. The molecule has 1 atom stereocenters. The molecule has 2 aromatic rings. The first-order chi connectivity index (χ1) is 8.47. The Labute approximate surface area is 138 Å². The number of hydrogen-bond acceptors (Lipinski definition) is 1. The van der Waals surface area contributed by atoms with E-state index in [0.717, 1.165) is 17.5 Å². The Bertz CT molecular complexity index is 567. The third-order valence-electron chi connectivity index (χ3n) is 2.42. The van der Waals surface area contributed by atoms with E-state index in [-0.39, 0.29) is 4.83 Å². The molecule has 0 aliphatic carbocycles. The third kappa shape index (κ3) is 3.56. The van der Waals surface area contributed by atoms with Crippen molar-refractivity contribution in [1.82, 2.24) is 0 Å². The average molecular weight is 405 g/mol. The number of benzene rings is 1. The zero-order valence-electron chi connectivity index (χ0n) is 8.89. The van der Waals surface area contributed by atoms with Crippen LogP contribution in [0.3, 0.4) is 0 Å². The molecule has 0 N–H and O–H groups in total. The molecule has 6 heteroatoms. The quantitative estimate of drug-likeness (QED) is 0.481. The molecule has 18 heavy (non-hydrogen) atoms. The molecule has 0 nitrogen and oxygen atoms in total. The molecule has 0 radical (unpaired) electrons. The summed E-state index contributed by atoms with van der Waals surface area (Å²) in [6, 6.07) is 7.48. The molecule has 2 rings (SSSR count). The summed E-state index contributed by atoms with van der Waals surface area (Å²) >= 11 is 28.9. The summed E-state index contributed by atoms with van der Waals surface area (Å²) in [4.78, 5) is 0.103. The lowest BCUT2D eigenvalue weighted by Crippen LogP contribution is -1.94. The van der Waals surface area contributed by atoms with Crippen molar-refractivity contribution < 1.29 is 0 Å². The average Bonchev–Trinajstić information content (AvgIpc) is 2.63. The van der Waals surface area contributed by atoms with Crippen molar-refractivity contribution >= 4 is 73.7 Å². The molecule has 1 heterocycles. The van der Waals surface area contributed by atoms with E-state index in [1.807, 2.05) is 18.2 Å². The first-order valence-corrected chi connectivity index (χ1v) is 8.24. The fourth-order valence-electron chi connectivity index (χ4n) is 1.55. The standard InChI is InChI=1S/C12H7BrCl4S/c13-8(7-5-11(16)18-12(7)17)3-6-1-2-9(14)10(15)4-6/h1-2,4-5,8H,3H2. The Balaban J connectivity index is 2.18. The van der Waals surface area contributed by atoms with Crippen LogP contribution in [0.15, 0.2) is 24.3 Å². The Hall–Kier alpha value is 0.560. The minimum atomic E-state index is 0.103. The smallest absolute Gasteiger partial charge is 0.0987 e. The first-order valence-electron chi connectivity index (χ1n) is 5.00. The number of hydrogen-bond donors (Lipinski definition) is 0. The van der Waals surface area contributed by atoms with Gasteiger partial charge in [-0.1, -0.05) is 68.4 Å². The molecule has 0 bridgehead atoms. The van der Waals surface area contributed by atoms with Gasteiger partial charge in [-0.05, 0) is 35.7 Å². The minimum absolute atomic E-state index is 0.103. The summed E-state index contributed by atoms with van der Waals surface area (Å²) < 4.78 is 1.40. The Morgan fingerprint density at radius 1 is 1.06 bits per heavy atom.